The molecule has 1 aromatic heterocycles. The minimum Gasteiger partial charge on any atom is -0.429 e. The number of hydrogen-bond acceptors (Lipinski definition) is 5. The Bertz CT molecular complexity index is 557. The van der Waals surface area contributed by atoms with Crippen molar-refractivity contribution in [2.45, 2.75) is 6.54 Å². The molecule has 0 radical (unpaired) electrons. The summed E-state index contributed by atoms with van der Waals surface area (Å²) in [6.07, 6.45) is 0. The van der Waals surface area contributed by atoms with E-state index in [1.807, 2.05) is 36.4 Å². The van der Waals surface area contributed by atoms with Gasteiger partial charge < -0.3 is 24.3 Å². The van der Waals surface area contributed by atoms with E-state index in [4.69, 9.17) is 13.9 Å². The van der Waals surface area contributed by atoms with Crippen LogP contribution in [0, 0.1) is 5.41 Å². The summed E-state index contributed by atoms with van der Waals surface area (Å²) in [6.45, 7) is 2.66. The molecule has 2 N–H and O–H groups in total. The molecule has 3 rings (SSSR count). The zero-order chi connectivity index (χ0) is 14.5. The minimum atomic E-state index is -0.129. The average Bonchev–Trinajstić information content (AvgIpc) is 2.90. The average molecular weight is 289 g/mol. The summed E-state index contributed by atoms with van der Waals surface area (Å²) in [6, 6.07) is 13.2. The van der Waals surface area contributed by atoms with Crippen LogP contribution in [-0.2, 0) is 11.3 Å². The highest BCUT2D eigenvalue weighted by atomic mass is 16.6. The third kappa shape index (κ3) is 3.44. The Morgan fingerprint density at radius 1 is 1.14 bits per heavy atom. The van der Waals surface area contributed by atoms with E-state index >= 15 is 0 Å². The number of aliphatic hydroxyl groups is 1. The van der Waals surface area contributed by atoms with Gasteiger partial charge in [-0.15, -0.1) is 0 Å². The maximum Gasteiger partial charge on any atom is 0.290 e. The molecule has 0 bridgehead atoms. The Hall–Kier alpha value is -1.82. The van der Waals surface area contributed by atoms with Crippen molar-refractivity contribution >= 4 is 0 Å². The second-order valence-electron chi connectivity index (χ2n) is 5.39. The summed E-state index contributed by atoms with van der Waals surface area (Å²) in [4.78, 5) is 0. The smallest absolute Gasteiger partial charge is 0.290 e. The molecule has 0 atom stereocenters. The van der Waals surface area contributed by atoms with Gasteiger partial charge in [-0.05, 0) is 18.2 Å². The molecule has 112 valence electrons. The largest absolute Gasteiger partial charge is 0.429 e. The Morgan fingerprint density at radius 3 is 2.62 bits per heavy atom. The number of nitrogens with one attached hydrogen (secondary N) is 1. The standard InChI is InChI=1S/C16H19NO4/c18-10-16(11-19-12-16)9-17-8-14-6-7-15(21-14)20-13-4-2-1-3-5-13/h1-7,17-18H,8-12H2. The fourth-order valence-electron chi connectivity index (χ4n) is 2.20. The first-order valence-corrected chi connectivity index (χ1v) is 7.01. The number of ether oxygens (including phenoxy) is 2. The van der Waals surface area contributed by atoms with Crippen LogP contribution in [0.15, 0.2) is 46.9 Å². The van der Waals surface area contributed by atoms with Crippen LogP contribution in [0.2, 0.25) is 0 Å². The number of benzene rings is 1. The molecule has 0 spiro atoms. The highest BCUT2D eigenvalue weighted by Gasteiger charge is 2.37. The van der Waals surface area contributed by atoms with Crippen molar-refractivity contribution in [3.63, 3.8) is 0 Å². The van der Waals surface area contributed by atoms with Crippen molar-refractivity contribution in [2.75, 3.05) is 26.4 Å². The molecule has 0 amide bonds. The molecule has 2 aromatic rings. The topological polar surface area (TPSA) is 63.9 Å². The van der Waals surface area contributed by atoms with E-state index in [1.165, 1.54) is 0 Å². The Kier molecular flexibility index (Phi) is 4.24. The lowest BCUT2D eigenvalue weighted by molar-refractivity contribution is -0.134. The van der Waals surface area contributed by atoms with Gasteiger partial charge in [0.15, 0.2) is 0 Å². The van der Waals surface area contributed by atoms with Gasteiger partial charge in [0.05, 0.1) is 31.8 Å². The first kappa shape index (κ1) is 14.1. The van der Waals surface area contributed by atoms with Crippen molar-refractivity contribution in [1.82, 2.24) is 5.32 Å². The third-order valence-corrected chi connectivity index (χ3v) is 3.55. The molecule has 0 unspecified atom stereocenters. The lowest BCUT2D eigenvalue weighted by atomic mass is 9.87. The van der Waals surface area contributed by atoms with Gasteiger partial charge >= 0.3 is 0 Å². The summed E-state index contributed by atoms with van der Waals surface area (Å²) < 4.78 is 16.4. The minimum absolute atomic E-state index is 0.129. The first-order chi connectivity index (χ1) is 10.3. The van der Waals surface area contributed by atoms with Gasteiger partial charge in [0, 0.05) is 12.6 Å². The van der Waals surface area contributed by atoms with Crippen molar-refractivity contribution in [2.24, 2.45) is 5.41 Å². The summed E-state index contributed by atoms with van der Waals surface area (Å²) in [5, 5.41) is 12.6. The number of hydrogen-bond donors (Lipinski definition) is 2. The Balaban J connectivity index is 1.49. The van der Waals surface area contributed by atoms with E-state index in [9.17, 15) is 5.11 Å². The van der Waals surface area contributed by atoms with Gasteiger partial charge in [0.25, 0.3) is 5.95 Å². The van der Waals surface area contributed by atoms with Crippen LogP contribution in [0.4, 0.5) is 0 Å². The zero-order valence-corrected chi connectivity index (χ0v) is 11.7. The molecule has 0 aliphatic carbocycles. The highest BCUT2D eigenvalue weighted by molar-refractivity contribution is 5.26. The van der Waals surface area contributed by atoms with Crippen LogP contribution in [0.3, 0.4) is 0 Å². The second-order valence-corrected chi connectivity index (χ2v) is 5.39. The fraction of sp³-hybridized carbons (Fsp3) is 0.375. The van der Waals surface area contributed by atoms with Crippen molar-refractivity contribution < 1.29 is 19.0 Å². The normalized spacial score (nSPS) is 16.4. The van der Waals surface area contributed by atoms with Gasteiger partial charge in [0.2, 0.25) is 0 Å². The predicted molar refractivity (Wildman–Crippen MR) is 77.3 cm³/mol. The zero-order valence-electron chi connectivity index (χ0n) is 11.7. The molecule has 21 heavy (non-hydrogen) atoms. The van der Waals surface area contributed by atoms with Crippen LogP contribution in [0.1, 0.15) is 5.76 Å². The quantitative estimate of drug-likeness (QED) is 0.818. The molecule has 1 saturated heterocycles. The monoisotopic (exact) mass is 289 g/mol. The van der Waals surface area contributed by atoms with Gasteiger partial charge in [-0.3, -0.25) is 0 Å². The van der Waals surface area contributed by atoms with E-state index in [0.29, 0.717) is 32.2 Å². The molecule has 0 saturated carbocycles. The summed E-state index contributed by atoms with van der Waals surface area (Å²) >= 11 is 0. The molecular weight excluding hydrogens is 270 g/mol. The van der Waals surface area contributed by atoms with E-state index in [2.05, 4.69) is 5.32 Å². The van der Waals surface area contributed by atoms with Gasteiger partial charge in [-0.1, -0.05) is 18.2 Å². The molecule has 5 heteroatoms. The molecule has 5 nitrogen and oxygen atoms in total. The van der Waals surface area contributed by atoms with Crippen LogP contribution < -0.4 is 10.1 Å². The third-order valence-electron chi connectivity index (χ3n) is 3.55. The number of para-hydroxylation sites is 1. The Labute approximate surface area is 123 Å². The molecule has 1 fully saturated rings. The van der Waals surface area contributed by atoms with Crippen molar-refractivity contribution in [3.8, 4) is 11.7 Å². The number of aliphatic hydroxyl groups excluding tert-OH is 1. The second kappa shape index (κ2) is 6.30. The number of rotatable bonds is 7. The van der Waals surface area contributed by atoms with E-state index < -0.39 is 0 Å². The van der Waals surface area contributed by atoms with E-state index in [0.717, 1.165) is 11.5 Å². The summed E-state index contributed by atoms with van der Waals surface area (Å²) in [5.74, 6) is 2.02. The van der Waals surface area contributed by atoms with E-state index in [1.54, 1.807) is 6.07 Å². The molecular formula is C16H19NO4. The summed E-state index contributed by atoms with van der Waals surface area (Å²) in [5.41, 5.74) is -0.129. The predicted octanol–water partition coefficient (Wildman–Crippen LogP) is 2.17. The highest BCUT2D eigenvalue weighted by Crippen LogP contribution is 2.26. The maximum atomic E-state index is 9.34. The van der Waals surface area contributed by atoms with Crippen molar-refractivity contribution in [3.05, 3.63) is 48.2 Å². The molecule has 1 aromatic carbocycles. The van der Waals surface area contributed by atoms with Crippen LogP contribution in [0.25, 0.3) is 0 Å². The van der Waals surface area contributed by atoms with Gasteiger partial charge in [0.1, 0.15) is 11.5 Å². The van der Waals surface area contributed by atoms with Crippen LogP contribution in [0.5, 0.6) is 11.7 Å². The van der Waals surface area contributed by atoms with E-state index in [-0.39, 0.29) is 12.0 Å². The fourth-order valence-corrected chi connectivity index (χ4v) is 2.20. The van der Waals surface area contributed by atoms with Gasteiger partial charge in [-0.2, -0.15) is 0 Å². The SMILES string of the molecule is OCC1(CNCc2ccc(Oc3ccccc3)o2)COC1. The van der Waals surface area contributed by atoms with Gasteiger partial charge in [-0.25, -0.2) is 0 Å². The molecule has 1 aliphatic rings. The maximum absolute atomic E-state index is 9.34. The number of furan rings is 1. The summed E-state index contributed by atoms with van der Waals surface area (Å²) in [7, 11) is 0. The molecule has 1 aliphatic heterocycles. The first-order valence-electron chi connectivity index (χ1n) is 7.01. The van der Waals surface area contributed by atoms with Crippen LogP contribution >= 0.6 is 0 Å². The Morgan fingerprint density at radius 2 is 1.95 bits per heavy atom. The lowest BCUT2D eigenvalue weighted by Crippen LogP contribution is -2.52. The van der Waals surface area contributed by atoms with Crippen LogP contribution in [-0.4, -0.2) is 31.5 Å². The van der Waals surface area contributed by atoms with Crippen molar-refractivity contribution in [1.29, 1.82) is 0 Å². The molecule has 2 heterocycles. The lowest BCUT2D eigenvalue weighted by Gasteiger charge is -2.39.